The van der Waals surface area contributed by atoms with Crippen LogP contribution in [0, 0.1) is 5.41 Å². The molecule has 0 amide bonds. The molecule has 0 saturated heterocycles. The maximum absolute atomic E-state index is 7.13. The third-order valence-electron chi connectivity index (χ3n) is 2.13. The van der Waals surface area contributed by atoms with E-state index in [-0.39, 0.29) is 5.84 Å². The maximum Gasteiger partial charge on any atom is 0.0918 e. The van der Waals surface area contributed by atoms with Gasteiger partial charge in [-0.15, -0.1) is 0 Å². The molecule has 0 spiro atoms. The van der Waals surface area contributed by atoms with Gasteiger partial charge in [-0.2, -0.15) is 0 Å². The number of hydrogen-bond donors (Lipinski definition) is 2. The molecule has 0 heterocycles. The van der Waals surface area contributed by atoms with Gasteiger partial charge in [-0.3, -0.25) is 5.41 Å². The van der Waals surface area contributed by atoms with Crippen molar-refractivity contribution in [2.45, 2.75) is 13.0 Å². The van der Waals surface area contributed by atoms with Gasteiger partial charge >= 0.3 is 0 Å². The van der Waals surface area contributed by atoms with Crippen LogP contribution in [0.25, 0.3) is 0 Å². The predicted molar refractivity (Wildman–Crippen MR) is 64.3 cm³/mol. The van der Waals surface area contributed by atoms with Crippen LogP contribution in [0.2, 0.25) is 5.02 Å². The van der Waals surface area contributed by atoms with E-state index in [9.17, 15) is 0 Å². The summed E-state index contributed by atoms with van der Waals surface area (Å²) >= 11 is 5.79. The first-order valence-electron chi connectivity index (χ1n) is 4.84. The quantitative estimate of drug-likeness (QED) is 0.596. The van der Waals surface area contributed by atoms with Crippen molar-refractivity contribution >= 4 is 17.4 Å². The van der Waals surface area contributed by atoms with E-state index >= 15 is 0 Å². The van der Waals surface area contributed by atoms with E-state index in [2.05, 4.69) is 4.90 Å². The van der Waals surface area contributed by atoms with Gasteiger partial charge in [-0.25, -0.2) is 0 Å². The van der Waals surface area contributed by atoms with Crippen molar-refractivity contribution in [3.05, 3.63) is 34.9 Å². The predicted octanol–water partition coefficient (Wildman–Crippen LogP) is 2.10. The lowest BCUT2D eigenvalue weighted by molar-refractivity contribution is 0.336. The molecule has 3 N–H and O–H groups in total. The van der Waals surface area contributed by atoms with Gasteiger partial charge < -0.3 is 10.6 Å². The van der Waals surface area contributed by atoms with Gasteiger partial charge in [0.2, 0.25) is 0 Å². The van der Waals surface area contributed by atoms with Gasteiger partial charge in [-0.1, -0.05) is 23.7 Å². The van der Waals surface area contributed by atoms with Gasteiger partial charge in [0.15, 0.2) is 0 Å². The fourth-order valence-electron chi connectivity index (χ4n) is 1.29. The van der Waals surface area contributed by atoms with Crippen LogP contribution in [0.3, 0.4) is 0 Å². The largest absolute Gasteiger partial charge is 0.388 e. The molecule has 1 rings (SSSR count). The molecule has 15 heavy (non-hydrogen) atoms. The minimum Gasteiger partial charge on any atom is -0.388 e. The Balaban J connectivity index is 2.40. The fraction of sp³-hybridized carbons (Fsp3) is 0.364. The lowest BCUT2D eigenvalue weighted by Gasteiger charge is -2.16. The summed E-state index contributed by atoms with van der Waals surface area (Å²) in [6.45, 7) is 1.66. The molecule has 0 radical (unpaired) electrons. The molecule has 0 bridgehead atoms. The summed E-state index contributed by atoms with van der Waals surface area (Å²) in [4.78, 5) is 2.13. The first-order chi connectivity index (χ1) is 7.08. The second kappa shape index (κ2) is 5.73. The van der Waals surface area contributed by atoms with Crippen LogP contribution < -0.4 is 5.73 Å². The Hall–Kier alpha value is -1.06. The van der Waals surface area contributed by atoms with Crippen molar-refractivity contribution < 1.29 is 0 Å². The van der Waals surface area contributed by atoms with Gasteiger partial charge in [0, 0.05) is 24.5 Å². The summed E-state index contributed by atoms with van der Waals surface area (Å²) in [5.74, 6) is 0.234. The van der Waals surface area contributed by atoms with E-state index in [4.69, 9.17) is 22.7 Å². The molecule has 0 atom stereocenters. The van der Waals surface area contributed by atoms with Crippen molar-refractivity contribution in [1.82, 2.24) is 4.90 Å². The second-order valence-corrected chi connectivity index (χ2v) is 4.08. The fourth-order valence-corrected chi connectivity index (χ4v) is 1.42. The van der Waals surface area contributed by atoms with Gasteiger partial charge in [0.25, 0.3) is 0 Å². The summed E-state index contributed by atoms with van der Waals surface area (Å²) in [7, 11) is 2.01. The molecular weight excluding hydrogens is 210 g/mol. The van der Waals surface area contributed by atoms with Crippen molar-refractivity contribution in [3.63, 3.8) is 0 Å². The van der Waals surface area contributed by atoms with E-state index in [0.717, 1.165) is 18.1 Å². The first-order valence-corrected chi connectivity index (χ1v) is 5.21. The average molecular weight is 226 g/mol. The van der Waals surface area contributed by atoms with Gasteiger partial charge in [-0.05, 0) is 24.7 Å². The lowest BCUT2D eigenvalue weighted by Crippen LogP contribution is -2.23. The zero-order valence-electron chi connectivity index (χ0n) is 8.83. The smallest absolute Gasteiger partial charge is 0.0918 e. The third kappa shape index (κ3) is 4.81. The Bertz CT molecular complexity index is 321. The molecule has 0 saturated carbocycles. The van der Waals surface area contributed by atoms with E-state index in [1.807, 2.05) is 31.3 Å². The van der Waals surface area contributed by atoms with Crippen LogP contribution in [0.15, 0.2) is 24.3 Å². The SMILES string of the molecule is CN(CCC(=N)N)Cc1ccc(Cl)cc1. The Kier molecular flexibility index (Phi) is 4.59. The Morgan fingerprint density at radius 2 is 2.00 bits per heavy atom. The topological polar surface area (TPSA) is 53.1 Å². The van der Waals surface area contributed by atoms with Crippen LogP contribution in [0.5, 0.6) is 0 Å². The molecule has 82 valence electrons. The maximum atomic E-state index is 7.13. The summed E-state index contributed by atoms with van der Waals surface area (Å²) in [6.07, 6.45) is 0.615. The number of nitrogens with one attached hydrogen (secondary N) is 1. The monoisotopic (exact) mass is 225 g/mol. The molecule has 0 fully saturated rings. The number of halogens is 1. The number of nitrogens with two attached hydrogens (primary N) is 1. The minimum absolute atomic E-state index is 0.234. The van der Waals surface area contributed by atoms with E-state index in [1.54, 1.807) is 0 Å². The summed E-state index contributed by atoms with van der Waals surface area (Å²) in [5.41, 5.74) is 6.51. The van der Waals surface area contributed by atoms with E-state index < -0.39 is 0 Å². The van der Waals surface area contributed by atoms with E-state index in [1.165, 1.54) is 5.56 Å². The highest BCUT2D eigenvalue weighted by Crippen LogP contribution is 2.10. The normalized spacial score (nSPS) is 10.6. The second-order valence-electron chi connectivity index (χ2n) is 3.64. The number of hydrogen-bond acceptors (Lipinski definition) is 2. The molecule has 0 unspecified atom stereocenters. The van der Waals surface area contributed by atoms with Crippen LogP contribution in [-0.2, 0) is 6.54 Å². The highest BCUT2D eigenvalue weighted by atomic mass is 35.5. The minimum atomic E-state index is 0.234. The Morgan fingerprint density at radius 1 is 1.40 bits per heavy atom. The molecule has 1 aromatic rings. The summed E-state index contributed by atoms with van der Waals surface area (Å²) in [6, 6.07) is 7.78. The molecule has 1 aromatic carbocycles. The highest BCUT2D eigenvalue weighted by Gasteiger charge is 2.00. The zero-order chi connectivity index (χ0) is 11.3. The number of amidine groups is 1. The Labute approximate surface area is 95.3 Å². The molecule has 4 heteroatoms. The zero-order valence-corrected chi connectivity index (χ0v) is 9.59. The van der Waals surface area contributed by atoms with Crippen molar-refractivity contribution in [2.24, 2.45) is 5.73 Å². The van der Waals surface area contributed by atoms with Crippen LogP contribution in [-0.4, -0.2) is 24.3 Å². The van der Waals surface area contributed by atoms with Crippen molar-refractivity contribution in [1.29, 1.82) is 5.41 Å². The summed E-state index contributed by atoms with van der Waals surface area (Å²) in [5, 5.41) is 7.88. The first kappa shape index (κ1) is 12.0. The highest BCUT2D eigenvalue weighted by molar-refractivity contribution is 6.30. The number of rotatable bonds is 5. The lowest BCUT2D eigenvalue weighted by atomic mass is 10.2. The van der Waals surface area contributed by atoms with Gasteiger partial charge in [0.1, 0.15) is 0 Å². The Morgan fingerprint density at radius 3 is 2.53 bits per heavy atom. The molecule has 0 aromatic heterocycles. The molecule has 0 aliphatic rings. The van der Waals surface area contributed by atoms with E-state index in [0.29, 0.717) is 6.42 Å². The number of benzene rings is 1. The molecule has 3 nitrogen and oxygen atoms in total. The molecule has 0 aliphatic heterocycles. The standard InChI is InChI=1S/C11H16ClN3/c1-15(7-6-11(13)14)8-9-2-4-10(12)5-3-9/h2-5H,6-8H2,1H3,(H3,13,14). The van der Waals surface area contributed by atoms with Gasteiger partial charge in [0.05, 0.1) is 5.84 Å². The van der Waals surface area contributed by atoms with Crippen LogP contribution >= 0.6 is 11.6 Å². The molecular formula is C11H16ClN3. The average Bonchev–Trinajstić information content (AvgIpc) is 2.19. The third-order valence-corrected chi connectivity index (χ3v) is 2.38. The van der Waals surface area contributed by atoms with Crippen LogP contribution in [0.4, 0.5) is 0 Å². The summed E-state index contributed by atoms with van der Waals surface area (Å²) < 4.78 is 0. The van der Waals surface area contributed by atoms with Crippen molar-refractivity contribution in [2.75, 3.05) is 13.6 Å². The van der Waals surface area contributed by atoms with Crippen molar-refractivity contribution in [3.8, 4) is 0 Å². The molecule has 0 aliphatic carbocycles. The number of nitrogens with zero attached hydrogens (tertiary/aromatic N) is 1. The van der Waals surface area contributed by atoms with Crippen LogP contribution in [0.1, 0.15) is 12.0 Å².